The molecule has 0 bridgehead atoms. The average Bonchev–Trinajstić information content (AvgIpc) is 2.60. The molecule has 0 saturated carbocycles. The lowest BCUT2D eigenvalue weighted by Gasteiger charge is -2.26. The van der Waals surface area contributed by atoms with Crippen molar-refractivity contribution >= 4 is 5.91 Å². The molecule has 1 amide bonds. The fourth-order valence-corrected chi connectivity index (χ4v) is 2.54. The van der Waals surface area contributed by atoms with E-state index >= 15 is 0 Å². The smallest absolute Gasteiger partial charge is 0.254 e. The number of amides is 1. The van der Waals surface area contributed by atoms with Crippen LogP contribution < -0.4 is 9.47 Å². The summed E-state index contributed by atoms with van der Waals surface area (Å²) >= 11 is 0. The van der Waals surface area contributed by atoms with Crippen molar-refractivity contribution in [2.24, 2.45) is 0 Å². The van der Waals surface area contributed by atoms with E-state index in [1.165, 1.54) is 0 Å². The number of benzene rings is 2. The molecule has 122 valence electrons. The molecule has 0 radical (unpaired) electrons. The van der Waals surface area contributed by atoms with Crippen molar-refractivity contribution < 1.29 is 14.3 Å². The van der Waals surface area contributed by atoms with Gasteiger partial charge in [0.15, 0.2) is 0 Å². The second-order valence-electron chi connectivity index (χ2n) is 5.51. The SMILES string of the molecule is COc1cc(C(=O)N(C)C(C)c2ccccc2)cc(OC)c1C. The molecule has 23 heavy (non-hydrogen) atoms. The van der Waals surface area contributed by atoms with E-state index < -0.39 is 0 Å². The lowest BCUT2D eigenvalue weighted by atomic mass is 10.0. The number of ether oxygens (including phenoxy) is 2. The van der Waals surface area contributed by atoms with Crippen molar-refractivity contribution in [3.8, 4) is 11.5 Å². The lowest BCUT2D eigenvalue weighted by molar-refractivity contribution is 0.0742. The Morgan fingerprint density at radius 3 is 2.04 bits per heavy atom. The second-order valence-corrected chi connectivity index (χ2v) is 5.51. The molecule has 1 atom stereocenters. The molecule has 2 rings (SSSR count). The Morgan fingerprint density at radius 1 is 1.04 bits per heavy atom. The fourth-order valence-electron chi connectivity index (χ4n) is 2.54. The molecule has 0 heterocycles. The van der Waals surface area contributed by atoms with Crippen LogP contribution >= 0.6 is 0 Å². The highest BCUT2D eigenvalue weighted by atomic mass is 16.5. The van der Waals surface area contributed by atoms with Gasteiger partial charge >= 0.3 is 0 Å². The normalized spacial score (nSPS) is 11.7. The van der Waals surface area contributed by atoms with Crippen LogP contribution in [0.1, 0.15) is 34.5 Å². The van der Waals surface area contributed by atoms with E-state index in [-0.39, 0.29) is 11.9 Å². The molecule has 1 unspecified atom stereocenters. The van der Waals surface area contributed by atoms with E-state index in [9.17, 15) is 4.79 Å². The number of carbonyl (C=O) groups excluding carboxylic acids is 1. The quantitative estimate of drug-likeness (QED) is 0.841. The lowest BCUT2D eigenvalue weighted by Crippen LogP contribution is -2.29. The predicted octanol–water partition coefficient (Wildman–Crippen LogP) is 3.85. The Hall–Kier alpha value is -2.49. The summed E-state index contributed by atoms with van der Waals surface area (Å²) in [6.07, 6.45) is 0. The zero-order chi connectivity index (χ0) is 17.0. The van der Waals surface area contributed by atoms with Gasteiger partial charge in [-0.05, 0) is 31.5 Å². The van der Waals surface area contributed by atoms with Gasteiger partial charge < -0.3 is 14.4 Å². The van der Waals surface area contributed by atoms with E-state index in [1.807, 2.05) is 44.2 Å². The predicted molar refractivity (Wildman–Crippen MR) is 91.2 cm³/mol. The van der Waals surface area contributed by atoms with E-state index in [1.54, 1.807) is 38.3 Å². The highest BCUT2D eigenvalue weighted by molar-refractivity contribution is 5.95. The van der Waals surface area contributed by atoms with Gasteiger partial charge in [0.05, 0.1) is 20.3 Å². The molecule has 2 aromatic carbocycles. The summed E-state index contributed by atoms with van der Waals surface area (Å²) in [4.78, 5) is 14.5. The fraction of sp³-hybridized carbons (Fsp3) is 0.316. The van der Waals surface area contributed by atoms with Crippen LogP contribution in [0.4, 0.5) is 0 Å². The van der Waals surface area contributed by atoms with E-state index in [4.69, 9.17) is 9.47 Å². The van der Waals surface area contributed by atoms with Gasteiger partial charge in [-0.15, -0.1) is 0 Å². The minimum Gasteiger partial charge on any atom is -0.496 e. The van der Waals surface area contributed by atoms with Crippen LogP contribution in [-0.4, -0.2) is 32.1 Å². The Labute approximate surface area is 137 Å². The number of nitrogens with zero attached hydrogens (tertiary/aromatic N) is 1. The summed E-state index contributed by atoms with van der Waals surface area (Å²) in [5.74, 6) is 1.22. The minimum atomic E-state index is -0.0713. The third kappa shape index (κ3) is 3.47. The van der Waals surface area contributed by atoms with Crippen molar-refractivity contribution in [3.63, 3.8) is 0 Å². The van der Waals surface area contributed by atoms with E-state index in [0.717, 1.165) is 11.1 Å². The number of hydrogen-bond acceptors (Lipinski definition) is 3. The number of carbonyl (C=O) groups is 1. The summed E-state index contributed by atoms with van der Waals surface area (Å²) < 4.78 is 10.7. The summed E-state index contributed by atoms with van der Waals surface area (Å²) in [7, 11) is 4.98. The highest BCUT2D eigenvalue weighted by Crippen LogP contribution is 2.31. The molecule has 4 nitrogen and oxygen atoms in total. The molecule has 0 aliphatic heterocycles. The first kappa shape index (κ1) is 16.9. The van der Waals surface area contributed by atoms with Gasteiger partial charge in [-0.3, -0.25) is 4.79 Å². The maximum atomic E-state index is 12.8. The van der Waals surface area contributed by atoms with Crippen LogP contribution in [0, 0.1) is 6.92 Å². The van der Waals surface area contributed by atoms with E-state index in [0.29, 0.717) is 17.1 Å². The zero-order valence-electron chi connectivity index (χ0n) is 14.3. The molecular weight excluding hydrogens is 290 g/mol. The van der Waals surface area contributed by atoms with Crippen LogP contribution in [0.15, 0.2) is 42.5 Å². The van der Waals surface area contributed by atoms with Crippen molar-refractivity contribution in [1.29, 1.82) is 0 Å². The summed E-state index contributed by atoms with van der Waals surface area (Å²) in [5, 5.41) is 0. The minimum absolute atomic E-state index is 0.0259. The van der Waals surface area contributed by atoms with Crippen LogP contribution in [0.2, 0.25) is 0 Å². The molecule has 0 aliphatic carbocycles. The van der Waals surface area contributed by atoms with Gasteiger partial charge in [-0.1, -0.05) is 30.3 Å². The van der Waals surface area contributed by atoms with Gasteiger partial charge in [0.25, 0.3) is 5.91 Å². The number of methoxy groups -OCH3 is 2. The third-order valence-electron chi connectivity index (χ3n) is 4.18. The Balaban J connectivity index is 2.32. The monoisotopic (exact) mass is 313 g/mol. The summed E-state index contributed by atoms with van der Waals surface area (Å²) in [5.41, 5.74) is 2.52. The largest absolute Gasteiger partial charge is 0.496 e. The van der Waals surface area contributed by atoms with Gasteiger partial charge in [0, 0.05) is 18.2 Å². The van der Waals surface area contributed by atoms with Gasteiger partial charge in [-0.25, -0.2) is 0 Å². The first-order chi connectivity index (χ1) is 11.0. The Morgan fingerprint density at radius 2 is 1.57 bits per heavy atom. The van der Waals surface area contributed by atoms with Crippen molar-refractivity contribution in [2.45, 2.75) is 19.9 Å². The van der Waals surface area contributed by atoms with Crippen molar-refractivity contribution in [1.82, 2.24) is 4.90 Å². The first-order valence-electron chi connectivity index (χ1n) is 7.54. The Bertz CT molecular complexity index is 657. The van der Waals surface area contributed by atoms with E-state index in [2.05, 4.69) is 0 Å². The molecular formula is C19H23NO3. The first-order valence-corrected chi connectivity index (χ1v) is 7.54. The average molecular weight is 313 g/mol. The summed E-state index contributed by atoms with van der Waals surface area (Å²) in [6.45, 7) is 3.91. The van der Waals surface area contributed by atoms with Crippen LogP contribution in [0.3, 0.4) is 0 Å². The number of hydrogen-bond donors (Lipinski definition) is 0. The molecule has 0 spiro atoms. The van der Waals surface area contributed by atoms with Crippen LogP contribution in [0.5, 0.6) is 11.5 Å². The zero-order valence-corrected chi connectivity index (χ0v) is 14.3. The molecule has 0 N–H and O–H groups in total. The topological polar surface area (TPSA) is 38.8 Å². The van der Waals surface area contributed by atoms with Gasteiger partial charge in [0.1, 0.15) is 11.5 Å². The second kappa shape index (κ2) is 7.18. The highest BCUT2D eigenvalue weighted by Gasteiger charge is 2.21. The summed E-state index contributed by atoms with van der Waals surface area (Å²) in [6, 6.07) is 13.4. The molecule has 0 fully saturated rings. The molecule has 0 aliphatic rings. The number of rotatable bonds is 5. The van der Waals surface area contributed by atoms with Crippen molar-refractivity contribution in [2.75, 3.05) is 21.3 Å². The van der Waals surface area contributed by atoms with Crippen LogP contribution in [-0.2, 0) is 0 Å². The van der Waals surface area contributed by atoms with Crippen molar-refractivity contribution in [3.05, 3.63) is 59.2 Å². The maximum absolute atomic E-state index is 12.8. The Kier molecular flexibility index (Phi) is 5.27. The van der Waals surface area contributed by atoms with Gasteiger partial charge in [-0.2, -0.15) is 0 Å². The molecule has 4 heteroatoms. The third-order valence-corrected chi connectivity index (χ3v) is 4.18. The molecule has 2 aromatic rings. The van der Waals surface area contributed by atoms with Gasteiger partial charge in [0.2, 0.25) is 0 Å². The maximum Gasteiger partial charge on any atom is 0.254 e. The standard InChI is InChI=1S/C19H23NO3/c1-13-17(22-4)11-16(12-18(13)23-5)19(21)20(3)14(2)15-9-7-6-8-10-15/h6-12,14H,1-5H3. The molecule has 0 saturated heterocycles. The van der Waals surface area contributed by atoms with Crippen LogP contribution in [0.25, 0.3) is 0 Å². The molecule has 0 aromatic heterocycles.